The molecule has 0 bridgehead atoms. The predicted molar refractivity (Wildman–Crippen MR) is 114 cm³/mol. The normalized spacial score (nSPS) is 13.8. The van der Waals surface area contributed by atoms with Crippen molar-refractivity contribution in [3.63, 3.8) is 0 Å². The Hall–Kier alpha value is -3.39. The van der Waals surface area contributed by atoms with E-state index in [0.717, 1.165) is 11.6 Å². The molecule has 2 aromatic heterocycles. The molecule has 0 atom stereocenters. The summed E-state index contributed by atoms with van der Waals surface area (Å²) in [5, 5.41) is 6.55. The monoisotopic (exact) mass is 409 g/mol. The summed E-state index contributed by atoms with van der Waals surface area (Å²) in [6.07, 6.45) is 3.24. The maximum absolute atomic E-state index is 12.5. The number of carbonyl (C=O) groups is 1. The third-order valence-electron chi connectivity index (χ3n) is 4.58. The van der Waals surface area contributed by atoms with E-state index in [1.165, 1.54) is 6.33 Å². The fourth-order valence-electron chi connectivity index (χ4n) is 3.05. The number of benzene rings is 1. The first-order chi connectivity index (χ1) is 14.2. The lowest BCUT2D eigenvalue weighted by molar-refractivity contribution is 0.208. The van der Waals surface area contributed by atoms with Crippen LogP contribution in [0.15, 0.2) is 61.1 Å². The number of aromatic nitrogens is 3. The number of urea groups is 1. The smallest absolute Gasteiger partial charge is 0.322 e. The molecular weight excluding hydrogens is 390 g/mol. The summed E-state index contributed by atoms with van der Waals surface area (Å²) in [6, 6.07) is 14.6. The van der Waals surface area contributed by atoms with Crippen molar-refractivity contribution in [3.8, 4) is 0 Å². The van der Waals surface area contributed by atoms with Crippen LogP contribution in [0.4, 0.5) is 27.9 Å². The molecule has 29 heavy (non-hydrogen) atoms. The number of carbonyl (C=O) groups excluding carboxylic acids is 1. The number of piperazine rings is 1. The van der Waals surface area contributed by atoms with Crippen LogP contribution in [0, 0.1) is 0 Å². The summed E-state index contributed by atoms with van der Waals surface area (Å²) >= 11 is 6.12. The second-order valence-electron chi connectivity index (χ2n) is 6.49. The lowest BCUT2D eigenvalue weighted by Gasteiger charge is -2.35. The summed E-state index contributed by atoms with van der Waals surface area (Å²) in [6.45, 7) is 2.53. The van der Waals surface area contributed by atoms with Gasteiger partial charge in [-0.15, -0.1) is 0 Å². The van der Waals surface area contributed by atoms with E-state index in [4.69, 9.17) is 11.6 Å². The minimum absolute atomic E-state index is 0.155. The van der Waals surface area contributed by atoms with Crippen LogP contribution in [-0.2, 0) is 0 Å². The highest BCUT2D eigenvalue weighted by Gasteiger charge is 2.22. The van der Waals surface area contributed by atoms with Crippen LogP contribution in [0.5, 0.6) is 0 Å². The standard InChI is InChI=1S/C20H20ClN7O/c21-15-5-1-2-6-16(15)25-20(29)28-11-9-27(10-12-28)19-13-18(23-14-24-19)26-17-7-3-4-8-22-17/h1-8,13-14H,9-12H2,(H,25,29)(H,22,23,24,26). The predicted octanol–water partition coefficient (Wildman–Crippen LogP) is 3.62. The molecule has 1 saturated heterocycles. The summed E-state index contributed by atoms with van der Waals surface area (Å²) in [7, 11) is 0. The number of rotatable bonds is 4. The van der Waals surface area contributed by atoms with Gasteiger partial charge < -0.3 is 20.4 Å². The molecule has 0 unspecified atom stereocenters. The minimum atomic E-state index is -0.155. The van der Waals surface area contributed by atoms with Crippen LogP contribution < -0.4 is 15.5 Å². The molecule has 8 nitrogen and oxygen atoms in total. The molecule has 0 radical (unpaired) electrons. The van der Waals surface area contributed by atoms with Crippen LogP contribution in [0.3, 0.4) is 0 Å². The van der Waals surface area contributed by atoms with Crippen molar-refractivity contribution in [2.45, 2.75) is 0 Å². The fraction of sp³-hybridized carbons (Fsp3) is 0.200. The van der Waals surface area contributed by atoms with Crippen molar-refractivity contribution in [2.75, 3.05) is 41.7 Å². The van der Waals surface area contributed by atoms with Crippen molar-refractivity contribution in [1.29, 1.82) is 0 Å². The Morgan fingerprint density at radius 2 is 1.72 bits per heavy atom. The Bertz CT molecular complexity index is 977. The van der Waals surface area contributed by atoms with E-state index in [-0.39, 0.29) is 6.03 Å². The Balaban J connectivity index is 1.35. The van der Waals surface area contributed by atoms with Crippen LogP contribution in [-0.4, -0.2) is 52.1 Å². The highest BCUT2D eigenvalue weighted by atomic mass is 35.5. The second kappa shape index (κ2) is 8.74. The molecule has 1 aromatic carbocycles. The summed E-state index contributed by atoms with van der Waals surface area (Å²) in [5.41, 5.74) is 0.614. The number of halogens is 1. The zero-order valence-electron chi connectivity index (χ0n) is 15.6. The first kappa shape index (κ1) is 18.9. The number of nitrogens with zero attached hydrogens (tertiary/aromatic N) is 5. The molecule has 1 fully saturated rings. The van der Waals surface area contributed by atoms with Gasteiger partial charge in [-0.05, 0) is 24.3 Å². The molecule has 0 saturated carbocycles. The number of hydrogen-bond acceptors (Lipinski definition) is 6. The van der Waals surface area contributed by atoms with Gasteiger partial charge in [0.15, 0.2) is 0 Å². The quantitative estimate of drug-likeness (QED) is 0.684. The molecule has 1 aliphatic rings. The number of pyridine rings is 1. The SMILES string of the molecule is O=C(Nc1ccccc1Cl)N1CCN(c2cc(Nc3ccccn3)ncn2)CC1. The Kier molecular flexibility index (Phi) is 5.71. The number of nitrogens with one attached hydrogen (secondary N) is 2. The van der Waals surface area contributed by atoms with Crippen molar-refractivity contribution < 1.29 is 4.79 Å². The maximum Gasteiger partial charge on any atom is 0.322 e. The van der Waals surface area contributed by atoms with Crippen LogP contribution in [0.25, 0.3) is 0 Å². The van der Waals surface area contributed by atoms with Crippen molar-refractivity contribution in [3.05, 3.63) is 66.1 Å². The zero-order valence-corrected chi connectivity index (χ0v) is 16.4. The molecule has 9 heteroatoms. The Morgan fingerprint density at radius 1 is 0.931 bits per heavy atom. The highest BCUT2D eigenvalue weighted by molar-refractivity contribution is 6.33. The van der Waals surface area contributed by atoms with Gasteiger partial charge in [0.2, 0.25) is 0 Å². The average Bonchev–Trinajstić information content (AvgIpc) is 2.76. The molecule has 3 heterocycles. The van der Waals surface area contributed by atoms with Crippen molar-refractivity contribution >= 4 is 40.8 Å². The fourth-order valence-corrected chi connectivity index (χ4v) is 3.23. The Labute approximate surface area is 173 Å². The van der Waals surface area contributed by atoms with E-state index >= 15 is 0 Å². The van der Waals surface area contributed by atoms with Gasteiger partial charge in [-0.2, -0.15) is 0 Å². The van der Waals surface area contributed by atoms with Crippen molar-refractivity contribution in [2.24, 2.45) is 0 Å². The molecule has 2 amide bonds. The molecule has 0 aliphatic carbocycles. The minimum Gasteiger partial charge on any atom is -0.353 e. The summed E-state index contributed by atoms with van der Waals surface area (Å²) in [5.74, 6) is 2.20. The van der Waals surface area contributed by atoms with Gasteiger partial charge in [-0.1, -0.05) is 29.8 Å². The summed E-state index contributed by atoms with van der Waals surface area (Å²) in [4.78, 5) is 29.3. The van der Waals surface area contributed by atoms with Gasteiger partial charge in [0.1, 0.15) is 23.8 Å². The highest BCUT2D eigenvalue weighted by Crippen LogP contribution is 2.22. The van der Waals surface area contributed by atoms with Crippen molar-refractivity contribution in [1.82, 2.24) is 19.9 Å². The molecule has 1 aliphatic heterocycles. The van der Waals surface area contributed by atoms with Gasteiger partial charge in [0.25, 0.3) is 0 Å². The lowest BCUT2D eigenvalue weighted by atomic mass is 10.3. The molecular formula is C20H20ClN7O. The number of hydrogen-bond donors (Lipinski definition) is 2. The van der Waals surface area contributed by atoms with Crippen LogP contribution >= 0.6 is 11.6 Å². The van der Waals surface area contributed by atoms with Gasteiger partial charge >= 0.3 is 6.03 Å². The van der Waals surface area contributed by atoms with E-state index in [1.54, 1.807) is 23.2 Å². The van der Waals surface area contributed by atoms with Gasteiger partial charge in [-0.25, -0.2) is 19.7 Å². The van der Waals surface area contributed by atoms with Gasteiger partial charge in [0.05, 0.1) is 10.7 Å². The van der Waals surface area contributed by atoms with E-state index < -0.39 is 0 Å². The average molecular weight is 410 g/mol. The summed E-state index contributed by atoms with van der Waals surface area (Å²) < 4.78 is 0. The molecule has 2 N–H and O–H groups in total. The topological polar surface area (TPSA) is 86.3 Å². The van der Waals surface area contributed by atoms with E-state index in [1.807, 2.05) is 36.4 Å². The molecule has 3 aromatic rings. The number of para-hydroxylation sites is 1. The van der Waals surface area contributed by atoms with Crippen LogP contribution in [0.1, 0.15) is 0 Å². The third-order valence-corrected chi connectivity index (χ3v) is 4.91. The van der Waals surface area contributed by atoms with Crippen LogP contribution in [0.2, 0.25) is 5.02 Å². The third kappa shape index (κ3) is 4.72. The van der Waals surface area contributed by atoms with E-state index in [2.05, 4.69) is 30.5 Å². The van der Waals surface area contributed by atoms with Gasteiger partial charge in [0, 0.05) is 38.4 Å². The molecule has 4 rings (SSSR count). The van der Waals surface area contributed by atoms with E-state index in [0.29, 0.717) is 42.7 Å². The second-order valence-corrected chi connectivity index (χ2v) is 6.89. The number of amides is 2. The molecule has 148 valence electrons. The van der Waals surface area contributed by atoms with E-state index in [9.17, 15) is 4.79 Å². The lowest BCUT2D eigenvalue weighted by Crippen LogP contribution is -2.50. The largest absolute Gasteiger partial charge is 0.353 e. The zero-order chi connectivity index (χ0) is 20.1. The Morgan fingerprint density at radius 3 is 2.48 bits per heavy atom. The first-order valence-electron chi connectivity index (χ1n) is 9.24. The molecule has 0 spiro atoms. The number of anilines is 4. The first-order valence-corrected chi connectivity index (χ1v) is 9.62. The maximum atomic E-state index is 12.5. The van der Waals surface area contributed by atoms with Gasteiger partial charge in [-0.3, -0.25) is 0 Å².